The van der Waals surface area contributed by atoms with E-state index in [1.165, 1.54) is 24.3 Å². The molecule has 130 valence electrons. The van der Waals surface area contributed by atoms with Gasteiger partial charge in [-0.15, -0.1) is 0 Å². The van der Waals surface area contributed by atoms with Crippen molar-refractivity contribution in [2.24, 2.45) is 0 Å². The molecule has 0 atom stereocenters. The number of halogens is 7. The third-order valence-electron chi connectivity index (χ3n) is 3.15. The van der Waals surface area contributed by atoms with Crippen molar-refractivity contribution in [3.63, 3.8) is 0 Å². The van der Waals surface area contributed by atoms with Crippen LogP contribution in [0.15, 0.2) is 36.4 Å². The molecular weight excluding hydrogens is 345 g/mol. The first-order valence-corrected chi connectivity index (χ1v) is 6.39. The van der Waals surface area contributed by atoms with Crippen LogP contribution >= 0.6 is 0 Å². The van der Waals surface area contributed by atoms with Crippen LogP contribution in [0.1, 0.15) is 17.4 Å². The van der Waals surface area contributed by atoms with E-state index in [0.717, 1.165) is 0 Å². The average molecular weight is 354 g/mol. The first-order chi connectivity index (χ1) is 10.9. The molecule has 2 aromatic rings. The van der Waals surface area contributed by atoms with Crippen molar-refractivity contribution < 1.29 is 35.5 Å². The van der Waals surface area contributed by atoms with E-state index in [4.69, 9.17) is 0 Å². The van der Waals surface area contributed by atoms with E-state index < -0.39 is 29.6 Å². The smallest absolute Gasteiger partial charge is 0.273 e. The standard InChI is InChI=1S/C14H9F7N2O/c1-8(24)23-11(12(15,16)13(17,18)14(19,20)21)7-10(22-23)9-5-3-2-4-6-9/h2-7H,1H3. The Balaban J connectivity index is 2.65. The van der Waals surface area contributed by atoms with Gasteiger partial charge in [-0.3, -0.25) is 4.79 Å². The maximum atomic E-state index is 13.9. The lowest BCUT2D eigenvalue weighted by Crippen LogP contribution is -2.51. The Morgan fingerprint density at radius 1 is 1.00 bits per heavy atom. The molecule has 24 heavy (non-hydrogen) atoms. The second kappa shape index (κ2) is 5.60. The summed E-state index contributed by atoms with van der Waals surface area (Å²) in [5.41, 5.74) is -2.00. The van der Waals surface area contributed by atoms with E-state index in [0.29, 0.717) is 13.0 Å². The van der Waals surface area contributed by atoms with Crippen LogP contribution in [0.2, 0.25) is 0 Å². The summed E-state index contributed by atoms with van der Waals surface area (Å²) in [5.74, 6) is -13.3. The number of aromatic nitrogens is 2. The van der Waals surface area contributed by atoms with Crippen LogP contribution in [-0.4, -0.2) is 27.8 Å². The van der Waals surface area contributed by atoms with E-state index in [1.807, 2.05) is 0 Å². The number of alkyl halides is 7. The third-order valence-corrected chi connectivity index (χ3v) is 3.15. The van der Waals surface area contributed by atoms with Gasteiger partial charge in [-0.2, -0.15) is 40.5 Å². The summed E-state index contributed by atoms with van der Waals surface area (Å²) in [6.45, 7) is 0.715. The molecule has 0 amide bonds. The largest absolute Gasteiger partial charge is 0.460 e. The summed E-state index contributed by atoms with van der Waals surface area (Å²) in [4.78, 5) is 11.4. The first-order valence-electron chi connectivity index (χ1n) is 6.39. The number of carbonyl (C=O) groups is 1. The minimum atomic E-state index is -6.50. The molecule has 0 spiro atoms. The maximum absolute atomic E-state index is 13.9. The molecule has 10 heteroatoms. The lowest BCUT2D eigenvalue weighted by atomic mass is 10.1. The molecule has 1 aromatic heterocycles. The number of hydrogen-bond acceptors (Lipinski definition) is 2. The maximum Gasteiger partial charge on any atom is 0.460 e. The zero-order valence-corrected chi connectivity index (χ0v) is 11.9. The van der Waals surface area contributed by atoms with Gasteiger partial charge in [0.2, 0.25) is 5.91 Å². The Morgan fingerprint density at radius 2 is 1.54 bits per heavy atom. The number of nitrogens with zero attached hydrogens (tertiary/aromatic N) is 2. The van der Waals surface area contributed by atoms with E-state index in [9.17, 15) is 35.5 Å². The highest BCUT2D eigenvalue weighted by Gasteiger charge is 2.74. The molecule has 0 unspecified atom stereocenters. The number of hydrogen-bond donors (Lipinski definition) is 0. The van der Waals surface area contributed by atoms with Crippen molar-refractivity contribution in [3.8, 4) is 11.3 Å². The average Bonchev–Trinajstić information content (AvgIpc) is 2.93. The number of carbonyl (C=O) groups excluding carboxylic acids is 1. The van der Waals surface area contributed by atoms with Gasteiger partial charge >= 0.3 is 18.0 Å². The zero-order chi connectivity index (χ0) is 18.3. The molecule has 0 aliphatic rings. The molecule has 1 aromatic carbocycles. The minimum absolute atomic E-state index is 0.151. The highest BCUT2D eigenvalue weighted by molar-refractivity contribution is 5.77. The summed E-state index contributed by atoms with van der Waals surface area (Å²) in [6, 6.07) is 7.61. The van der Waals surface area contributed by atoms with Crippen molar-refractivity contribution in [1.29, 1.82) is 0 Å². The van der Waals surface area contributed by atoms with E-state index in [1.54, 1.807) is 6.07 Å². The van der Waals surface area contributed by atoms with Gasteiger partial charge in [0.1, 0.15) is 5.69 Å². The Labute approximate surface area is 130 Å². The summed E-state index contributed by atoms with van der Waals surface area (Å²) in [5, 5.41) is 3.43. The molecule has 0 saturated heterocycles. The first kappa shape index (κ1) is 18.0. The van der Waals surface area contributed by atoms with Crippen LogP contribution in [-0.2, 0) is 5.92 Å². The van der Waals surface area contributed by atoms with E-state index in [-0.39, 0.29) is 15.9 Å². The third kappa shape index (κ3) is 2.76. The highest BCUT2D eigenvalue weighted by atomic mass is 19.4. The monoisotopic (exact) mass is 354 g/mol. The van der Waals surface area contributed by atoms with E-state index in [2.05, 4.69) is 5.10 Å². The Kier molecular flexibility index (Phi) is 4.19. The summed E-state index contributed by atoms with van der Waals surface area (Å²) >= 11 is 0. The fourth-order valence-corrected chi connectivity index (χ4v) is 1.93. The highest BCUT2D eigenvalue weighted by Crippen LogP contribution is 2.52. The number of rotatable bonds is 3. The van der Waals surface area contributed by atoms with Crippen molar-refractivity contribution in [1.82, 2.24) is 9.78 Å². The molecule has 1 heterocycles. The van der Waals surface area contributed by atoms with Crippen LogP contribution in [0.25, 0.3) is 11.3 Å². The Morgan fingerprint density at radius 3 is 2.00 bits per heavy atom. The summed E-state index contributed by atoms with van der Waals surface area (Å²) in [7, 11) is 0. The molecule has 0 bridgehead atoms. The SMILES string of the molecule is CC(=O)n1nc(-c2ccccc2)cc1C(F)(F)C(F)(F)C(F)(F)F. The molecule has 0 aliphatic carbocycles. The van der Waals surface area contributed by atoms with Crippen LogP contribution in [0.5, 0.6) is 0 Å². The quantitative estimate of drug-likeness (QED) is 0.761. The summed E-state index contributed by atoms with van der Waals surface area (Å²) < 4.78 is 91.1. The topological polar surface area (TPSA) is 34.9 Å². The Hall–Kier alpha value is -2.39. The molecule has 0 radical (unpaired) electrons. The van der Waals surface area contributed by atoms with Crippen LogP contribution in [0.3, 0.4) is 0 Å². The normalized spacial score (nSPS) is 13.2. The van der Waals surface area contributed by atoms with Gasteiger partial charge < -0.3 is 0 Å². The predicted octanol–water partition coefficient (Wildman–Crippen LogP) is 4.50. The molecule has 0 aliphatic heterocycles. The predicted molar refractivity (Wildman–Crippen MR) is 68.9 cm³/mol. The van der Waals surface area contributed by atoms with Gasteiger partial charge in [0.15, 0.2) is 0 Å². The van der Waals surface area contributed by atoms with Crippen molar-refractivity contribution >= 4 is 5.91 Å². The molecule has 0 fully saturated rings. The fourth-order valence-electron chi connectivity index (χ4n) is 1.93. The lowest BCUT2D eigenvalue weighted by Gasteiger charge is -2.27. The van der Waals surface area contributed by atoms with Gasteiger partial charge in [-0.05, 0) is 6.07 Å². The molecule has 0 N–H and O–H groups in total. The van der Waals surface area contributed by atoms with Gasteiger partial charge in [0.05, 0.1) is 5.69 Å². The van der Waals surface area contributed by atoms with Crippen molar-refractivity contribution in [2.45, 2.75) is 24.9 Å². The van der Waals surface area contributed by atoms with Crippen LogP contribution in [0.4, 0.5) is 30.7 Å². The van der Waals surface area contributed by atoms with Crippen LogP contribution < -0.4 is 0 Å². The molecule has 0 saturated carbocycles. The fraction of sp³-hybridized carbons (Fsp3) is 0.286. The Bertz CT molecular complexity index is 750. The van der Waals surface area contributed by atoms with Crippen LogP contribution in [0, 0.1) is 0 Å². The minimum Gasteiger partial charge on any atom is -0.273 e. The lowest BCUT2D eigenvalue weighted by molar-refractivity contribution is -0.360. The molecule has 3 nitrogen and oxygen atoms in total. The van der Waals surface area contributed by atoms with Gasteiger partial charge in [0.25, 0.3) is 0 Å². The van der Waals surface area contributed by atoms with Crippen molar-refractivity contribution in [2.75, 3.05) is 0 Å². The van der Waals surface area contributed by atoms with Gasteiger partial charge in [-0.1, -0.05) is 30.3 Å². The number of benzene rings is 1. The second-order valence-electron chi connectivity index (χ2n) is 4.86. The molecular formula is C14H9F7N2O. The van der Waals surface area contributed by atoms with Crippen molar-refractivity contribution in [3.05, 3.63) is 42.1 Å². The molecule has 2 rings (SSSR count). The zero-order valence-electron chi connectivity index (χ0n) is 11.9. The van der Waals surface area contributed by atoms with Gasteiger partial charge in [0, 0.05) is 12.5 Å². The summed E-state index contributed by atoms with van der Waals surface area (Å²) in [6.07, 6.45) is -6.50. The van der Waals surface area contributed by atoms with Gasteiger partial charge in [-0.25, -0.2) is 0 Å². The van der Waals surface area contributed by atoms with E-state index >= 15 is 0 Å². The second-order valence-corrected chi connectivity index (χ2v) is 4.86.